The zero-order valence-electron chi connectivity index (χ0n) is 14.0. The van der Waals surface area contributed by atoms with Gasteiger partial charge in [-0.1, -0.05) is 12.1 Å². The molecule has 4 nitrogen and oxygen atoms in total. The monoisotopic (exact) mass is 292 g/mol. The molecule has 1 saturated heterocycles. The quantitative estimate of drug-likeness (QED) is 0.661. The van der Waals surface area contributed by atoms with E-state index in [4.69, 9.17) is 15.3 Å². The highest BCUT2D eigenvalue weighted by atomic mass is 16.5. The lowest BCUT2D eigenvalue weighted by molar-refractivity contribution is -0.0779. The third-order valence-electron chi connectivity index (χ3n) is 4.50. The van der Waals surface area contributed by atoms with Crippen LogP contribution in [0.25, 0.3) is 0 Å². The molecule has 0 aliphatic carbocycles. The first kappa shape index (κ1) is 16.3. The molecule has 1 aromatic carbocycles. The average Bonchev–Trinajstić information content (AvgIpc) is 2.59. The van der Waals surface area contributed by atoms with Crippen LogP contribution in [0.3, 0.4) is 0 Å². The number of ether oxygens (including phenoxy) is 2. The first-order valence-corrected chi connectivity index (χ1v) is 7.51. The molecule has 2 unspecified atom stereocenters. The van der Waals surface area contributed by atoms with Gasteiger partial charge in [0.15, 0.2) is 0 Å². The van der Waals surface area contributed by atoms with Gasteiger partial charge < -0.3 is 9.47 Å². The molecule has 1 fully saturated rings. The number of nitrogens with one attached hydrogen (secondary N) is 1. The second-order valence-electron chi connectivity index (χ2n) is 7.15. The molecular formula is C17H28N2O2. The highest BCUT2D eigenvalue weighted by molar-refractivity contribution is 5.38. The van der Waals surface area contributed by atoms with Crippen LogP contribution in [0.4, 0.5) is 0 Å². The van der Waals surface area contributed by atoms with Gasteiger partial charge in [0, 0.05) is 5.92 Å². The lowest BCUT2D eigenvalue weighted by Gasteiger charge is -2.33. The van der Waals surface area contributed by atoms with E-state index in [0.29, 0.717) is 5.92 Å². The van der Waals surface area contributed by atoms with E-state index in [2.05, 4.69) is 52.2 Å². The van der Waals surface area contributed by atoms with Crippen LogP contribution in [0.2, 0.25) is 0 Å². The van der Waals surface area contributed by atoms with Crippen molar-refractivity contribution in [1.29, 1.82) is 0 Å². The summed E-state index contributed by atoms with van der Waals surface area (Å²) in [7, 11) is 1.69. The van der Waals surface area contributed by atoms with Crippen LogP contribution in [0.1, 0.15) is 51.3 Å². The summed E-state index contributed by atoms with van der Waals surface area (Å²) in [6, 6.07) is 6.29. The first-order chi connectivity index (χ1) is 9.70. The van der Waals surface area contributed by atoms with E-state index < -0.39 is 0 Å². The number of benzene rings is 1. The Morgan fingerprint density at radius 2 is 2.00 bits per heavy atom. The summed E-state index contributed by atoms with van der Waals surface area (Å²) in [6.07, 6.45) is 0.972. The molecule has 1 aromatic rings. The van der Waals surface area contributed by atoms with Crippen LogP contribution in [0.5, 0.6) is 5.75 Å². The van der Waals surface area contributed by atoms with Gasteiger partial charge in [-0.25, -0.2) is 0 Å². The Morgan fingerprint density at radius 1 is 1.33 bits per heavy atom. The summed E-state index contributed by atoms with van der Waals surface area (Å²) in [5, 5.41) is 0. The van der Waals surface area contributed by atoms with Gasteiger partial charge in [-0.05, 0) is 58.2 Å². The number of methoxy groups -OCH3 is 1. The number of nitrogens with two attached hydrogens (primary N) is 1. The van der Waals surface area contributed by atoms with Crippen LogP contribution in [0, 0.1) is 12.8 Å². The molecule has 2 rings (SSSR count). The standard InChI is InChI=1S/C17H28N2O2/c1-11-9-12(7-8-14(11)20-6)15(19-18)13-10-16(2,3)21-17(13,4)5/h7-9,13,15,19H,10,18H2,1-6H3. The van der Waals surface area contributed by atoms with Gasteiger partial charge in [0.2, 0.25) is 0 Å². The molecule has 3 N–H and O–H groups in total. The predicted octanol–water partition coefficient (Wildman–Crippen LogP) is 3.10. The number of hydrogen-bond acceptors (Lipinski definition) is 4. The molecule has 0 bridgehead atoms. The fourth-order valence-corrected chi connectivity index (χ4v) is 3.66. The lowest BCUT2D eigenvalue weighted by atomic mass is 9.79. The Hall–Kier alpha value is -1.10. The van der Waals surface area contributed by atoms with Crippen molar-refractivity contribution in [3.05, 3.63) is 29.3 Å². The van der Waals surface area contributed by atoms with Crippen LogP contribution >= 0.6 is 0 Å². The van der Waals surface area contributed by atoms with Crippen molar-refractivity contribution in [2.24, 2.45) is 11.8 Å². The van der Waals surface area contributed by atoms with E-state index in [9.17, 15) is 0 Å². The summed E-state index contributed by atoms with van der Waals surface area (Å²) in [5.41, 5.74) is 4.96. The first-order valence-electron chi connectivity index (χ1n) is 7.51. The summed E-state index contributed by atoms with van der Waals surface area (Å²) >= 11 is 0. The van der Waals surface area contributed by atoms with Gasteiger partial charge >= 0.3 is 0 Å². The SMILES string of the molecule is COc1ccc(C(NN)C2CC(C)(C)OC2(C)C)cc1C. The predicted molar refractivity (Wildman–Crippen MR) is 85.1 cm³/mol. The van der Waals surface area contributed by atoms with E-state index in [1.807, 2.05) is 6.07 Å². The lowest BCUT2D eigenvalue weighted by Crippen LogP contribution is -2.41. The minimum absolute atomic E-state index is 0.0615. The maximum atomic E-state index is 6.21. The minimum atomic E-state index is -0.214. The van der Waals surface area contributed by atoms with Gasteiger partial charge in [0.25, 0.3) is 0 Å². The zero-order chi connectivity index (χ0) is 15.8. The summed E-state index contributed by atoms with van der Waals surface area (Å²) in [6.45, 7) is 10.6. The molecule has 0 saturated carbocycles. The van der Waals surface area contributed by atoms with Crippen molar-refractivity contribution < 1.29 is 9.47 Å². The molecule has 4 heteroatoms. The number of rotatable bonds is 4. The molecule has 0 radical (unpaired) electrons. The molecule has 1 heterocycles. The van der Waals surface area contributed by atoms with Crippen LogP contribution in [0.15, 0.2) is 18.2 Å². The molecular weight excluding hydrogens is 264 g/mol. The average molecular weight is 292 g/mol. The third kappa shape index (κ3) is 3.23. The van der Waals surface area contributed by atoms with E-state index in [1.54, 1.807) is 7.11 Å². The van der Waals surface area contributed by atoms with E-state index in [0.717, 1.165) is 17.7 Å². The van der Waals surface area contributed by atoms with Crippen molar-refractivity contribution >= 4 is 0 Å². The topological polar surface area (TPSA) is 56.5 Å². The Balaban J connectivity index is 2.34. The van der Waals surface area contributed by atoms with E-state index in [-0.39, 0.29) is 17.2 Å². The molecule has 0 spiro atoms. The largest absolute Gasteiger partial charge is 0.496 e. The third-order valence-corrected chi connectivity index (χ3v) is 4.50. The summed E-state index contributed by atoms with van der Waals surface area (Å²) < 4.78 is 11.5. The molecule has 21 heavy (non-hydrogen) atoms. The van der Waals surface area contributed by atoms with Gasteiger partial charge in [0.1, 0.15) is 5.75 Å². The minimum Gasteiger partial charge on any atom is -0.496 e. The van der Waals surface area contributed by atoms with Crippen molar-refractivity contribution in [3.63, 3.8) is 0 Å². The molecule has 2 atom stereocenters. The molecule has 0 amide bonds. The van der Waals surface area contributed by atoms with Crippen molar-refractivity contribution in [2.45, 2.75) is 58.3 Å². The molecule has 1 aliphatic rings. The smallest absolute Gasteiger partial charge is 0.121 e. The Bertz CT molecular complexity index is 512. The van der Waals surface area contributed by atoms with Crippen LogP contribution < -0.4 is 16.0 Å². The number of aryl methyl sites for hydroxylation is 1. The Morgan fingerprint density at radius 3 is 2.43 bits per heavy atom. The molecule has 0 aromatic heterocycles. The van der Waals surface area contributed by atoms with E-state index >= 15 is 0 Å². The fraction of sp³-hybridized carbons (Fsp3) is 0.647. The van der Waals surface area contributed by atoms with Gasteiger partial charge in [0.05, 0.1) is 24.4 Å². The van der Waals surface area contributed by atoms with Crippen LogP contribution in [-0.2, 0) is 4.74 Å². The number of hydrazine groups is 1. The second-order valence-corrected chi connectivity index (χ2v) is 7.15. The normalized spacial score (nSPS) is 24.8. The maximum Gasteiger partial charge on any atom is 0.121 e. The molecule has 1 aliphatic heterocycles. The Kier molecular flexibility index (Phi) is 4.34. The highest BCUT2D eigenvalue weighted by Gasteiger charge is 2.49. The molecule has 118 valence electrons. The Labute approximate surface area is 128 Å². The van der Waals surface area contributed by atoms with E-state index in [1.165, 1.54) is 5.56 Å². The van der Waals surface area contributed by atoms with Crippen molar-refractivity contribution in [3.8, 4) is 5.75 Å². The van der Waals surface area contributed by atoms with Crippen LogP contribution in [-0.4, -0.2) is 18.3 Å². The van der Waals surface area contributed by atoms with Crippen molar-refractivity contribution in [1.82, 2.24) is 5.43 Å². The fourth-order valence-electron chi connectivity index (χ4n) is 3.66. The van der Waals surface area contributed by atoms with Gasteiger partial charge in [-0.15, -0.1) is 0 Å². The second kappa shape index (κ2) is 5.59. The highest BCUT2D eigenvalue weighted by Crippen LogP contribution is 2.47. The summed E-state index contributed by atoms with van der Waals surface area (Å²) in [4.78, 5) is 0. The maximum absolute atomic E-state index is 6.21. The van der Waals surface area contributed by atoms with Crippen molar-refractivity contribution in [2.75, 3.05) is 7.11 Å². The van der Waals surface area contributed by atoms with Gasteiger partial charge in [-0.3, -0.25) is 11.3 Å². The summed E-state index contributed by atoms with van der Waals surface area (Å²) in [5.74, 6) is 7.09. The number of hydrogen-bond donors (Lipinski definition) is 2. The van der Waals surface area contributed by atoms with Gasteiger partial charge in [-0.2, -0.15) is 0 Å². The zero-order valence-corrected chi connectivity index (χ0v) is 14.0.